The summed E-state index contributed by atoms with van der Waals surface area (Å²) < 4.78 is 13.3. The average Bonchev–Trinajstić information content (AvgIpc) is 2.81. The first-order valence-corrected chi connectivity index (χ1v) is 5.22. The Labute approximate surface area is 88.3 Å². The SMILES string of the molecule is CC1CC1NCc1c(F)cccc1Cl. The van der Waals surface area contributed by atoms with Gasteiger partial charge in [-0.15, -0.1) is 0 Å². The number of nitrogens with one attached hydrogen (secondary N) is 1. The lowest BCUT2D eigenvalue weighted by Crippen LogP contribution is -2.18. The van der Waals surface area contributed by atoms with Gasteiger partial charge in [0, 0.05) is 23.2 Å². The predicted octanol–water partition coefficient (Wildman–Crippen LogP) is 2.98. The maximum atomic E-state index is 13.3. The molecule has 0 amide bonds. The standard InChI is InChI=1S/C11H13ClFN/c1-7-5-11(7)14-6-8-9(12)3-2-4-10(8)13/h2-4,7,11,14H,5-6H2,1H3. The van der Waals surface area contributed by atoms with Crippen LogP contribution in [0.2, 0.25) is 5.02 Å². The molecule has 1 fully saturated rings. The first-order valence-electron chi connectivity index (χ1n) is 4.84. The molecule has 1 aliphatic carbocycles. The monoisotopic (exact) mass is 213 g/mol. The zero-order valence-corrected chi connectivity index (χ0v) is 8.81. The minimum atomic E-state index is -0.224. The number of hydrogen-bond acceptors (Lipinski definition) is 1. The summed E-state index contributed by atoms with van der Waals surface area (Å²) in [5, 5.41) is 3.79. The van der Waals surface area contributed by atoms with Crippen LogP contribution in [-0.2, 0) is 6.54 Å². The molecule has 0 spiro atoms. The van der Waals surface area contributed by atoms with Gasteiger partial charge in [0.25, 0.3) is 0 Å². The van der Waals surface area contributed by atoms with E-state index in [2.05, 4.69) is 12.2 Å². The van der Waals surface area contributed by atoms with Crippen molar-refractivity contribution >= 4 is 11.6 Å². The molecule has 1 nitrogen and oxygen atoms in total. The molecule has 76 valence electrons. The van der Waals surface area contributed by atoms with Gasteiger partial charge in [-0.2, -0.15) is 0 Å². The van der Waals surface area contributed by atoms with Gasteiger partial charge in [-0.05, 0) is 24.5 Å². The van der Waals surface area contributed by atoms with E-state index in [1.807, 2.05) is 0 Å². The van der Waals surface area contributed by atoms with Crippen molar-refractivity contribution in [1.82, 2.24) is 5.32 Å². The van der Waals surface area contributed by atoms with Crippen molar-refractivity contribution in [1.29, 1.82) is 0 Å². The first-order chi connectivity index (χ1) is 6.68. The third-order valence-electron chi connectivity index (χ3n) is 2.71. The van der Waals surface area contributed by atoms with E-state index in [0.717, 1.165) is 5.92 Å². The molecule has 2 unspecified atom stereocenters. The van der Waals surface area contributed by atoms with Crippen LogP contribution >= 0.6 is 11.6 Å². The van der Waals surface area contributed by atoms with E-state index in [-0.39, 0.29) is 5.82 Å². The maximum absolute atomic E-state index is 13.3. The fourth-order valence-electron chi connectivity index (χ4n) is 1.54. The molecule has 1 aromatic rings. The fraction of sp³-hybridized carbons (Fsp3) is 0.455. The molecule has 2 atom stereocenters. The summed E-state index contributed by atoms with van der Waals surface area (Å²) in [6.45, 7) is 2.71. The van der Waals surface area contributed by atoms with Gasteiger partial charge in [-0.1, -0.05) is 24.6 Å². The van der Waals surface area contributed by atoms with Crippen molar-refractivity contribution in [3.8, 4) is 0 Å². The van der Waals surface area contributed by atoms with E-state index in [9.17, 15) is 4.39 Å². The number of halogens is 2. The van der Waals surface area contributed by atoms with Crippen LogP contribution in [0.4, 0.5) is 4.39 Å². The van der Waals surface area contributed by atoms with Gasteiger partial charge in [0.05, 0.1) is 0 Å². The minimum absolute atomic E-state index is 0.224. The summed E-state index contributed by atoms with van der Waals surface area (Å²) in [7, 11) is 0. The molecule has 1 aromatic carbocycles. The summed E-state index contributed by atoms with van der Waals surface area (Å²) in [5.74, 6) is 0.499. The van der Waals surface area contributed by atoms with E-state index in [0.29, 0.717) is 23.2 Å². The highest BCUT2D eigenvalue weighted by molar-refractivity contribution is 6.31. The molecule has 3 heteroatoms. The fourth-order valence-corrected chi connectivity index (χ4v) is 1.77. The van der Waals surface area contributed by atoms with Gasteiger partial charge in [-0.3, -0.25) is 0 Å². The molecule has 0 heterocycles. The molecule has 0 radical (unpaired) electrons. The van der Waals surface area contributed by atoms with Gasteiger partial charge in [0.15, 0.2) is 0 Å². The van der Waals surface area contributed by atoms with Gasteiger partial charge in [0.2, 0.25) is 0 Å². The van der Waals surface area contributed by atoms with Crippen molar-refractivity contribution in [3.05, 3.63) is 34.6 Å². The lowest BCUT2D eigenvalue weighted by molar-refractivity contribution is 0.580. The molecule has 14 heavy (non-hydrogen) atoms. The molecular formula is C11H13ClFN. The summed E-state index contributed by atoms with van der Waals surface area (Å²) in [4.78, 5) is 0. The molecule has 0 saturated heterocycles. The van der Waals surface area contributed by atoms with E-state index in [1.165, 1.54) is 12.5 Å². The Bertz CT molecular complexity index is 320. The maximum Gasteiger partial charge on any atom is 0.129 e. The molecule has 0 bridgehead atoms. The molecule has 2 rings (SSSR count). The lowest BCUT2D eigenvalue weighted by Gasteiger charge is -2.06. The second kappa shape index (κ2) is 3.87. The number of benzene rings is 1. The second-order valence-electron chi connectivity index (χ2n) is 3.90. The van der Waals surface area contributed by atoms with Crippen LogP contribution in [0.15, 0.2) is 18.2 Å². The smallest absolute Gasteiger partial charge is 0.129 e. The van der Waals surface area contributed by atoms with Crippen LogP contribution in [0.25, 0.3) is 0 Å². The summed E-state index contributed by atoms with van der Waals surface area (Å²) in [5.41, 5.74) is 0.577. The first kappa shape index (κ1) is 9.94. The third-order valence-corrected chi connectivity index (χ3v) is 3.07. The molecular weight excluding hydrogens is 201 g/mol. The van der Waals surface area contributed by atoms with Crippen LogP contribution in [0, 0.1) is 11.7 Å². The Kier molecular flexibility index (Phi) is 2.75. The van der Waals surface area contributed by atoms with Crippen LogP contribution < -0.4 is 5.32 Å². The zero-order valence-electron chi connectivity index (χ0n) is 8.06. The van der Waals surface area contributed by atoms with Crippen LogP contribution in [0.1, 0.15) is 18.9 Å². The summed E-state index contributed by atoms with van der Waals surface area (Å²) in [6.07, 6.45) is 1.19. The van der Waals surface area contributed by atoms with Crippen molar-refractivity contribution in [2.45, 2.75) is 25.9 Å². The van der Waals surface area contributed by atoms with E-state index in [1.54, 1.807) is 12.1 Å². The van der Waals surface area contributed by atoms with Crippen LogP contribution in [0.3, 0.4) is 0 Å². The van der Waals surface area contributed by atoms with Crippen molar-refractivity contribution in [3.63, 3.8) is 0 Å². The van der Waals surface area contributed by atoms with Gasteiger partial charge in [0.1, 0.15) is 5.82 Å². The molecule has 1 saturated carbocycles. The van der Waals surface area contributed by atoms with Gasteiger partial charge >= 0.3 is 0 Å². The average molecular weight is 214 g/mol. The highest BCUT2D eigenvalue weighted by Gasteiger charge is 2.31. The Morgan fingerprint density at radius 3 is 2.86 bits per heavy atom. The zero-order chi connectivity index (χ0) is 10.1. The summed E-state index contributed by atoms with van der Waals surface area (Å²) >= 11 is 5.89. The molecule has 1 aliphatic rings. The predicted molar refractivity (Wildman–Crippen MR) is 55.8 cm³/mol. The van der Waals surface area contributed by atoms with Crippen molar-refractivity contribution in [2.75, 3.05) is 0 Å². The Morgan fingerprint density at radius 2 is 2.29 bits per heavy atom. The Balaban J connectivity index is 2.01. The van der Waals surface area contributed by atoms with E-state index in [4.69, 9.17) is 11.6 Å². The highest BCUT2D eigenvalue weighted by atomic mass is 35.5. The minimum Gasteiger partial charge on any atom is -0.309 e. The third kappa shape index (κ3) is 2.07. The van der Waals surface area contributed by atoms with Crippen molar-refractivity contribution < 1.29 is 4.39 Å². The topological polar surface area (TPSA) is 12.0 Å². The van der Waals surface area contributed by atoms with Crippen LogP contribution in [-0.4, -0.2) is 6.04 Å². The largest absolute Gasteiger partial charge is 0.309 e. The normalized spacial score (nSPS) is 25.1. The number of hydrogen-bond donors (Lipinski definition) is 1. The Morgan fingerprint density at radius 1 is 1.57 bits per heavy atom. The van der Waals surface area contributed by atoms with Gasteiger partial charge in [-0.25, -0.2) is 4.39 Å². The second-order valence-corrected chi connectivity index (χ2v) is 4.31. The van der Waals surface area contributed by atoms with E-state index >= 15 is 0 Å². The number of rotatable bonds is 3. The molecule has 0 aliphatic heterocycles. The molecule has 1 N–H and O–H groups in total. The van der Waals surface area contributed by atoms with Gasteiger partial charge < -0.3 is 5.32 Å². The quantitative estimate of drug-likeness (QED) is 0.814. The van der Waals surface area contributed by atoms with Crippen molar-refractivity contribution in [2.24, 2.45) is 5.92 Å². The van der Waals surface area contributed by atoms with E-state index < -0.39 is 0 Å². The molecule has 0 aromatic heterocycles. The summed E-state index contributed by atoms with van der Waals surface area (Å²) in [6, 6.07) is 5.34. The highest BCUT2D eigenvalue weighted by Crippen LogP contribution is 2.30. The Hall–Kier alpha value is -0.600. The lowest BCUT2D eigenvalue weighted by atomic mass is 10.2. The van der Waals surface area contributed by atoms with Crippen LogP contribution in [0.5, 0.6) is 0 Å².